The van der Waals surface area contributed by atoms with Crippen molar-refractivity contribution in [3.8, 4) is 22.4 Å². The van der Waals surface area contributed by atoms with Gasteiger partial charge in [-0.05, 0) is 104 Å². The Kier molecular flexibility index (Phi) is 4.96. The van der Waals surface area contributed by atoms with Gasteiger partial charge in [-0.15, -0.1) is 0 Å². The highest BCUT2D eigenvalue weighted by Gasteiger charge is 2.44. The molecule has 3 aromatic rings. The Labute approximate surface area is 225 Å². The van der Waals surface area contributed by atoms with Crippen LogP contribution in [0, 0.1) is 0 Å². The molecule has 1 heterocycles. The second kappa shape index (κ2) is 7.37. The molecular formula is C36H45N. The molecule has 0 aliphatic heterocycles. The molecule has 3 aliphatic carbocycles. The third kappa shape index (κ3) is 3.45. The van der Waals surface area contributed by atoms with Gasteiger partial charge in [-0.3, -0.25) is 4.98 Å². The molecule has 2 aromatic carbocycles. The lowest BCUT2D eigenvalue weighted by Gasteiger charge is -2.42. The van der Waals surface area contributed by atoms with Crippen LogP contribution in [0.2, 0.25) is 0 Å². The Bertz CT molecular complexity index is 1440. The Morgan fingerprint density at radius 3 is 1.59 bits per heavy atom. The number of hydrogen-bond acceptors (Lipinski definition) is 1. The Morgan fingerprint density at radius 1 is 0.514 bits per heavy atom. The summed E-state index contributed by atoms with van der Waals surface area (Å²) >= 11 is 0. The molecule has 0 unspecified atom stereocenters. The number of aromatic nitrogens is 1. The van der Waals surface area contributed by atoms with Crippen molar-refractivity contribution in [1.82, 2.24) is 4.98 Å². The molecular weight excluding hydrogens is 446 g/mol. The number of pyridine rings is 1. The van der Waals surface area contributed by atoms with Gasteiger partial charge < -0.3 is 0 Å². The number of nitrogens with zero attached hydrogens (tertiary/aromatic N) is 1. The topological polar surface area (TPSA) is 12.9 Å². The van der Waals surface area contributed by atoms with E-state index < -0.39 is 0 Å². The van der Waals surface area contributed by atoms with E-state index in [4.69, 9.17) is 4.98 Å². The van der Waals surface area contributed by atoms with Crippen molar-refractivity contribution in [3.63, 3.8) is 0 Å². The third-order valence-corrected chi connectivity index (χ3v) is 10.7. The van der Waals surface area contributed by atoms with Crippen molar-refractivity contribution in [2.24, 2.45) is 0 Å². The zero-order chi connectivity index (χ0) is 26.8. The Balaban J connectivity index is 1.58. The molecule has 0 fully saturated rings. The predicted molar refractivity (Wildman–Crippen MR) is 158 cm³/mol. The fourth-order valence-corrected chi connectivity index (χ4v) is 7.75. The summed E-state index contributed by atoms with van der Waals surface area (Å²) < 4.78 is 0. The van der Waals surface area contributed by atoms with Crippen LogP contribution in [0.25, 0.3) is 22.4 Å². The van der Waals surface area contributed by atoms with Crippen molar-refractivity contribution < 1.29 is 0 Å². The summed E-state index contributed by atoms with van der Waals surface area (Å²) in [6.45, 7) is 24.2. The van der Waals surface area contributed by atoms with E-state index in [1.54, 1.807) is 11.1 Å². The molecule has 6 rings (SSSR count). The van der Waals surface area contributed by atoms with E-state index in [0.717, 1.165) is 5.69 Å². The van der Waals surface area contributed by atoms with E-state index in [-0.39, 0.29) is 27.1 Å². The molecule has 3 aliphatic rings. The van der Waals surface area contributed by atoms with Crippen LogP contribution in [0.15, 0.2) is 42.6 Å². The fraction of sp³-hybridized carbons (Fsp3) is 0.528. The average Bonchev–Trinajstić information content (AvgIpc) is 3.06. The van der Waals surface area contributed by atoms with Gasteiger partial charge >= 0.3 is 0 Å². The van der Waals surface area contributed by atoms with E-state index in [1.807, 2.05) is 0 Å². The van der Waals surface area contributed by atoms with Gasteiger partial charge in [-0.2, -0.15) is 0 Å². The first kappa shape index (κ1) is 24.9. The monoisotopic (exact) mass is 491 g/mol. The van der Waals surface area contributed by atoms with Gasteiger partial charge in [0.2, 0.25) is 0 Å². The zero-order valence-corrected chi connectivity index (χ0v) is 24.8. The van der Waals surface area contributed by atoms with Crippen LogP contribution >= 0.6 is 0 Å². The Morgan fingerprint density at radius 2 is 1.00 bits per heavy atom. The maximum absolute atomic E-state index is 5.15. The van der Waals surface area contributed by atoms with Crippen LogP contribution in [0.5, 0.6) is 0 Å². The standard InChI is InChI=1S/C36H45N/c1-32(2)14-15-33(3,4)27-19-25-24(18-26(27)32)22-12-11-13-23(31(22)36(25,9)10)30-20-28-29(21-37-30)35(7,8)17-16-34(28,5)6/h11-13,18-21H,14-17H2,1-10H3. The van der Waals surface area contributed by atoms with E-state index in [0.29, 0.717) is 0 Å². The lowest BCUT2D eigenvalue weighted by Crippen LogP contribution is -2.34. The smallest absolute Gasteiger partial charge is 0.0708 e. The van der Waals surface area contributed by atoms with Crippen molar-refractivity contribution in [2.75, 3.05) is 0 Å². The summed E-state index contributed by atoms with van der Waals surface area (Å²) in [5.41, 5.74) is 14.9. The minimum Gasteiger partial charge on any atom is -0.256 e. The number of fused-ring (bicyclic) bond motifs is 5. The highest BCUT2D eigenvalue weighted by molar-refractivity contribution is 5.88. The van der Waals surface area contributed by atoms with Crippen LogP contribution in [-0.2, 0) is 27.1 Å². The number of benzene rings is 2. The summed E-state index contributed by atoms with van der Waals surface area (Å²) in [4.78, 5) is 5.15. The van der Waals surface area contributed by atoms with E-state index >= 15 is 0 Å². The Hall–Kier alpha value is -2.41. The van der Waals surface area contributed by atoms with Crippen LogP contribution in [-0.4, -0.2) is 4.98 Å². The molecule has 1 aromatic heterocycles. The maximum atomic E-state index is 5.15. The normalized spacial score (nSPS) is 23.0. The van der Waals surface area contributed by atoms with Gasteiger partial charge in [-0.25, -0.2) is 0 Å². The molecule has 37 heavy (non-hydrogen) atoms. The van der Waals surface area contributed by atoms with Crippen molar-refractivity contribution in [3.05, 3.63) is 76.0 Å². The van der Waals surface area contributed by atoms with E-state index in [2.05, 4.69) is 112 Å². The summed E-state index contributed by atoms with van der Waals surface area (Å²) in [5.74, 6) is 0. The number of hydrogen-bond donors (Lipinski definition) is 0. The minimum absolute atomic E-state index is 0.0691. The fourth-order valence-electron chi connectivity index (χ4n) is 7.75. The van der Waals surface area contributed by atoms with Crippen LogP contribution in [0.1, 0.15) is 128 Å². The first-order chi connectivity index (χ1) is 17.1. The molecule has 0 atom stereocenters. The maximum Gasteiger partial charge on any atom is 0.0708 e. The van der Waals surface area contributed by atoms with Crippen LogP contribution in [0.3, 0.4) is 0 Å². The molecule has 0 saturated carbocycles. The molecule has 0 saturated heterocycles. The van der Waals surface area contributed by atoms with E-state index in [9.17, 15) is 0 Å². The lowest BCUT2D eigenvalue weighted by molar-refractivity contribution is 0.331. The van der Waals surface area contributed by atoms with Crippen molar-refractivity contribution >= 4 is 0 Å². The van der Waals surface area contributed by atoms with Crippen molar-refractivity contribution in [1.29, 1.82) is 0 Å². The van der Waals surface area contributed by atoms with Gasteiger partial charge in [0, 0.05) is 17.2 Å². The van der Waals surface area contributed by atoms with Crippen molar-refractivity contribution in [2.45, 2.75) is 122 Å². The summed E-state index contributed by atoms with van der Waals surface area (Å²) in [6, 6.07) is 14.5. The molecule has 0 amide bonds. The first-order valence-electron chi connectivity index (χ1n) is 14.4. The molecule has 0 bridgehead atoms. The summed E-state index contributed by atoms with van der Waals surface area (Å²) in [5, 5.41) is 0. The van der Waals surface area contributed by atoms with Gasteiger partial charge in [0.15, 0.2) is 0 Å². The lowest BCUT2D eigenvalue weighted by atomic mass is 9.62. The highest BCUT2D eigenvalue weighted by Crippen LogP contribution is 2.56. The summed E-state index contributed by atoms with van der Waals surface area (Å²) in [6.07, 6.45) is 7.12. The molecule has 0 spiro atoms. The van der Waals surface area contributed by atoms with Gasteiger partial charge in [0.05, 0.1) is 5.69 Å². The SMILES string of the molecule is CC1(C)CCC(C)(C)c2cc(-c3cccc4c3C(C)(C)c3cc5c(cc3-4)C(C)(C)CCC5(C)C)ncc21. The van der Waals surface area contributed by atoms with Crippen LogP contribution in [0.4, 0.5) is 0 Å². The second-order valence-corrected chi connectivity index (χ2v) is 15.4. The van der Waals surface area contributed by atoms with Gasteiger partial charge in [0.25, 0.3) is 0 Å². The van der Waals surface area contributed by atoms with Crippen LogP contribution < -0.4 is 0 Å². The zero-order valence-electron chi connectivity index (χ0n) is 24.8. The summed E-state index contributed by atoms with van der Waals surface area (Å²) in [7, 11) is 0. The second-order valence-electron chi connectivity index (χ2n) is 15.4. The van der Waals surface area contributed by atoms with Gasteiger partial charge in [-0.1, -0.05) is 93.5 Å². The largest absolute Gasteiger partial charge is 0.256 e. The number of rotatable bonds is 1. The molecule has 1 heteroatoms. The molecule has 194 valence electrons. The van der Waals surface area contributed by atoms with Gasteiger partial charge in [0.1, 0.15) is 0 Å². The van der Waals surface area contributed by atoms with E-state index in [1.165, 1.54) is 64.6 Å². The highest BCUT2D eigenvalue weighted by atomic mass is 14.7. The first-order valence-corrected chi connectivity index (χ1v) is 14.4. The molecule has 1 nitrogen and oxygen atoms in total. The molecule has 0 N–H and O–H groups in total. The minimum atomic E-state index is -0.0691. The quantitative estimate of drug-likeness (QED) is 0.330. The predicted octanol–water partition coefficient (Wildman–Crippen LogP) is 9.75. The average molecular weight is 492 g/mol. The third-order valence-electron chi connectivity index (χ3n) is 10.7. The molecule has 0 radical (unpaired) electrons.